The summed E-state index contributed by atoms with van der Waals surface area (Å²) in [5.41, 5.74) is 1.16. The van der Waals surface area contributed by atoms with Crippen LogP contribution in [0.25, 0.3) is 0 Å². The molecule has 0 fully saturated rings. The summed E-state index contributed by atoms with van der Waals surface area (Å²) in [6, 6.07) is 1.82. The molecule has 0 aromatic carbocycles. The van der Waals surface area contributed by atoms with Gasteiger partial charge in [-0.15, -0.1) is 0 Å². The molecule has 0 saturated carbocycles. The van der Waals surface area contributed by atoms with Crippen LogP contribution in [0.2, 0.25) is 0 Å². The molecule has 4 nitrogen and oxygen atoms in total. The minimum Gasteiger partial charge on any atom is -0.337 e. The Bertz CT molecular complexity index is 440. The fourth-order valence-electron chi connectivity index (χ4n) is 1.32. The maximum Gasteiger partial charge on any atom is 0.166 e. The molecule has 2 aromatic rings. The lowest BCUT2D eigenvalue weighted by Gasteiger charge is -2.06. The average Bonchev–Trinajstić information content (AvgIpc) is 2.78. The van der Waals surface area contributed by atoms with Crippen LogP contribution in [-0.2, 0) is 6.42 Å². The lowest BCUT2D eigenvalue weighted by atomic mass is 10.4. The van der Waals surface area contributed by atoms with Gasteiger partial charge in [-0.1, -0.05) is 18.7 Å². The van der Waals surface area contributed by atoms with E-state index in [1.807, 2.05) is 12.3 Å². The fourth-order valence-corrected chi connectivity index (χ4v) is 2.18. The lowest BCUT2D eigenvalue weighted by molar-refractivity contribution is 0.905. The number of hydrogen-bond acceptors (Lipinski definition) is 4. The number of aromatic amines is 1. The van der Waals surface area contributed by atoms with Crippen LogP contribution in [0.15, 0.2) is 29.8 Å². The van der Waals surface area contributed by atoms with E-state index < -0.39 is 0 Å². The molecule has 1 unspecified atom stereocenters. The summed E-state index contributed by atoms with van der Waals surface area (Å²) < 4.78 is 0. The van der Waals surface area contributed by atoms with Crippen molar-refractivity contribution in [1.29, 1.82) is 0 Å². The van der Waals surface area contributed by atoms with Gasteiger partial charge in [0.05, 0.1) is 5.25 Å². The van der Waals surface area contributed by atoms with Gasteiger partial charge < -0.3 is 4.98 Å². The van der Waals surface area contributed by atoms with E-state index in [1.54, 1.807) is 24.2 Å². The SMILES string of the molecule is CCc1cnc(SC(C)c2ncccn2)[nH]1. The monoisotopic (exact) mass is 234 g/mol. The third-order valence-corrected chi connectivity index (χ3v) is 3.22. The Labute approximate surface area is 98.9 Å². The number of nitrogens with zero attached hydrogens (tertiary/aromatic N) is 3. The summed E-state index contributed by atoms with van der Waals surface area (Å²) in [6.45, 7) is 4.18. The van der Waals surface area contributed by atoms with E-state index in [9.17, 15) is 0 Å². The summed E-state index contributed by atoms with van der Waals surface area (Å²) in [4.78, 5) is 16.0. The number of thioether (sulfide) groups is 1. The van der Waals surface area contributed by atoms with Crippen LogP contribution in [-0.4, -0.2) is 19.9 Å². The molecule has 0 saturated heterocycles. The molecule has 84 valence electrons. The van der Waals surface area contributed by atoms with Crippen LogP contribution < -0.4 is 0 Å². The highest BCUT2D eigenvalue weighted by Crippen LogP contribution is 2.30. The molecule has 2 heterocycles. The van der Waals surface area contributed by atoms with Crippen LogP contribution in [0, 0.1) is 0 Å². The minimum absolute atomic E-state index is 0.206. The van der Waals surface area contributed by atoms with E-state index in [0.717, 1.165) is 23.1 Å². The highest BCUT2D eigenvalue weighted by Gasteiger charge is 2.11. The summed E-state index contributed by atoms with van der Waals surface area (Å²) >= 11 is 1.64. The number of hydrogen-bond donors (Lipinski definition) is 1. The zero-order chi connectivity index (χ0) is 11.4. The van der Waals surface area contributed by atoms with E-state index in [1.165, 1.54) is 0 Å². The summed E-state index contributed by atoms with van der Waals surface area (Å²) in [5.74, 6) is 0.835. The van der Waals surface area contributed by atoms with Gasteiger partial charge in [0, 0.05) is 24.3 Å². The Balaban J connectivity index is 2.05. The van der Waals surface area contributed by atoms with E-state index in [-0.39, 0.29) is 5.25 Å². The van der Waals surface area contributed by atoms with Crippen LogP contribution in [0.5, 0.6) is 0 Å². The minimum atomic E-state index is 0.206. The van der Waals surface area contributed by atoms with Crippen molar-refractivity contribution in [2.75, 3.05) is 0 Å². The molecule has 0 amide bonds. The van der Waals surface area contributed by atoms with Crippen molar-refractivity contribution in [3.05, 3.63) is 36.2 Å². The second-order valence-electron chi connectivity index (χ2n) is 3.43. The number of aromatic nitrogens is 4. The first-order valence-corrected chi connectivity index (χ1v) is 6.15. The van der Waals surface area contributed by atoms with E-state index in [2.05, 4.69) is 33.8 Å². The highest BCUT2D eigenvalue weighted by atomic mass is 32.2. The summed E-state index contributed by atoms with van der Waals surface area (Å²) in [6.07, 6.45) is 6.38. The average molecular weight is 234 g/mol. The predicted octanol–water partition coefficient (Wildman–Crippen LogP) is 2.62. The first kappa shape index (κ1) is 11.1. The van der Waals surface area contributed by atoms with Crippen molar-refractivity contribution in [2.24, 2.45) is 0 Å². The van der Waals surface area contributed by atoms with Gasteiger partial charge >= 0.3 is 0 Å². The number of imidazole rings is 1. The maximum atomic E-state index is 4.30. The Kier molecular flexibility index (Phi) is 3.56. The summed E-state index contributed by atoms with van der Waals surface area (Å²) in [5, 5.41) is 1.13. The quantitative estimate of drug-likeness (QED) is 0.826. The van der Waals surface area contributed by atoms with Crippen molar-refractivity contribution in [1.82, 2.24) is 19.9 Å². The van der Waals surface area contributed by atoms with Gasteiger partial charge in [-0.25, -0.2) is 15.0 Å². The molecule has 0 bridgehead atoms. The molecule has 0 aliphatic heterocycles. The van der Waals surface area contributed by atoms with E-state index in [0.29, 0.717) is 0 Å². The Morgan fingerprint density at radius 1 is 1.31 bits per heavy atom. The zero-order valence-electron chi connectivity index (χ0n) is 9.34. The Morgan fingerprint density at radius 3 is 2.69 bits per heavy atom. The molecule has 5 heteroatoms. The van der Waals surface area contributed by atoms with Crippen molar-refractivity contribution in [2.45, 2.75) is 30.7 Å². The molecular weight excluding hydrogens is 220 g/mol. The number of rotatable bonds is 4. The Hall–Kier alpha value is -1.36. The van der Waals surface area contributed by atoms with Crippen LogP contribution in [0.3, 0.4) is 0 Å². The van der Waals surface area contributed by atoms with Crippen molar-refractivity contribution in [3.8, 4) is 0 Å². The molecule has 0 aliphatic carbocycles. The smallest absolute Gasteiger partial charge is 0.166 e. The van der Waals surface area contributed by atoms with E-state index in [4.69, 9.17) is 0 Å². The molecule has 2 rings (SSSR count). The summed E-state index contributed by atoms with van der Waals surface area (Å²) in [7, 11) is 0. The van der Waals surface area contributed by atoms with Gasteiger partial charge in [0.15, 0.2) is 5.16 Å². The first-order chi connectivity index (χ1) is 7.79. The number of aryl methyl sites for hydroxylation is 1. The lowest BCUT2D eigenvalue weighted by Crippen LogP contribution is -1.96. The van der Waals surface area contributed by atoms with Gasteiger partial charge in [-0.05, 0) is 19.4 Å². The predicted molar refractivity (Wildman–Crippen MR) is 64.3 cm³/mol. The van der Waals surface area contributed by atoms with Gasteiger partial charge in [0.1, 0.15) is 5.82 Å². The third-order valence-electron chi connectivity index (χ3n) is 2.22. The standard InChI is InChI=1S/C11H14N4S/c1-3-9-7-14-11(15-9)16-8(2)10-12-5-4-6-13-10/h4-8H,3H2,1-2H3,(H,14,15). The maximum absolute atomic E-state index is 4.30. The van der Waals surface area contributed by atoms with Crippen LogP contribution >= 0.6 is 11.8 Å². The normalized spacial score (nSPS) is 12.6. The second kappa shape index (κ2) is 5.12. The molecule has 1 N–H and O–H groups in total. The van der Waals surface area contributed by atoms with Crippen molar-refractivity contribution >= 4 is 11.8 Å². The molecule has 0 spiro atoms. The van der Waals surface area contributed by atoms with Crippen LogP contribution in [0.1, 0.15) is 30.6 Å². The number of nitrogens with one attached hydrogen (secondary N) is 1. The first-order valence-electron chi connectivity index (χ1n) is 5.27. The van der Waals surface area contributed by atoms with E-state index >= 15 is 0 Å². The zero-order valence-corrected chi connectivity index (χ0v) is 10.2. The highest BCUT2D eigenvalue weighted by molar-refractivity contribution is 7.99. The molecule has 16 heavy (non-hydrogen) atoms. The topological polar surface area (TPSA) is 54.5 Å². The molecule has 1 atom stereocenters. The number of H-pyrrole nitrogens is 1. The Morgan fingerprint density at radius 2 is 2.06 bits per heavy atom. The second-order valence-corrected chi connectivity index (χ2v) is 4.76. The van der Waals surface area contributed by atoms with Gasteiger partial charge in [0.25, 0.3) is 0 Å². The molecular formula is C11H14N4S. The van der Waals surface area contributed by atoms with Crippen molar-refractivity contribution in [3.63, 3.8) is 0 Å². The largest absolute Gasteiger partial charge is 0.337 e. The third kappa shape index (κ3) is 2.61. The molecule has 0 radical (unpaired) electrons. The molecule has 0 aliphatic rings. The van der Waals surface area contributed by atoms with Crippen molar-refractivity contribution < 1.29 is 0 Å². The van der Waals surface area contributed by atoms with Gasteiger partial charge in [-0.2, -0.15) is 0 Å². The van der Waals surface area contributed by atoms with Gasteiger partial charge in [0.2, 0.25) is 0 Å². The molecule has 2 aromatic heterocycles. The van der Waals surface area contributed by atoms with Crippen LogP contribution in [0.4, 0.5) is 0 Å². The van der Waals surface area contributed by atoms with Gasteiger partial charge in [-0.3, -0.25) is 0 Å². The fraction of sp³-hybridized carbons (Fsp3) is 0.364.